The number of nitrogens with one attached hydrogen (secondary N) is 1. The third kappa shape index (κ3) is 4.93. The number of ether oxygens (including phenoxy) is 1. The van der Waals surface area contributed by atoms with E-state index in [9.17, 15) is 4.79 Å². The molecule has 1 N–H and O–H groups in total. The zero-order valence-corrected chi connectivity index (χ0v) is 18.0. The van der Waals surface area contributed by atoms with Crippen molar-refractivity contribution in [2.24, 2.45) is 0 Å². The molecule has 4 rings (SSSR count). The van der Waals surface area contributed by atoms with E-state index in [1.165, 1.54) is 11.3 Å². The molecule has 0 aliphatic carbocycles. The first-order valence-corrected chi connectivity index (χ1v) is 10.8. The minimum absolute atomic E-state index is 0.0899. The average molecular weight is 437 g/mol. The van der Waals surface area contributed by atoms with Crippen molar-refractivity contribution >= 4 is 28.8 Å². The lowest BCUT2D eigenvalue weighted by atomic mass is 10.1. The van der Waals surface area contributed by atoms with Crippen molar-refractivity contribution in [2.75, 3.05) is 0 Å². The second kappa shape index (κ2) is 9.20. The highest BCUT2D eigenvalue weighted by molar-refractivity contribution is 7.12. The molecular weight excluding hydrogens is 416 g/mol. The van der Waals surface area contributed by atoms with Crippen LogP contribution in [0, 0.1) is 0 Å². The number of amides is 1. The minimum atomic E-state index is -0.110. The minimum Gasteiger partial charge on any atom is -0.489 e. The van der Waals surface area contributed by atoms with E-state index in [1.54, 1.807) is 12.1 Å². The summed E-state index contributed by atoms with van der Waals surface area (Å²) in [6.45, 7) is 2.38. The van der Waals surface area contributed by atoms with Crippen LogP contribution in [0.15, 0.2) is 84.5 Å². The molecule has 0 saturated carbocycles. The molecule has 0 aliphatic rings. The molecule has 0 radical (unpaired) electrons. The zero-order valence-electron chi connectivity index (χ0n) is 16.4. The van der Waals surface area contributed by atoms with Crippen LogP contribution in [-0.4, -0.2) is 10.5 Å². The highest BCUT2D eigenvalue weighted by atomic mass is 35.5. The number of nitrogens with zero attached hydrogens (tertiary/aromatic N) is 1. The van der Waals surface area contributed by atoms with Gasteiger partial charge in [-0.1, -0.05) is 29.8 Å². The lowest BCUT2D eigenvalue weighted by Crippen LogP contribution is -2.26. The predicted octanol–water partition coefficient (Wildman–Crippen LogP) is 6.26. The van der Waals surface area contributed by atoms with Crippen molar-refractivity contribution in [3.63, 3.8) is 0 Å². The molecule has 1 amide bonds. The van der Waals surface area contributed by atoms with E-state index in [2.05, 4.69) is 11.4 Å². The Morgan fingerprint density at radius 1 is 1.10 bits per heavy atom. The van der Waals surface area contributed by atoms with Gasteiger partial charge in [0.25, 0.3) is 5.91 Å². The molecule has 1 unspecified atom stereocenters. The van der Waals surface area contributed by atoms with Gasteiger partial charge in [0, 0.05) is 28.7 Å². The monoisotopic (exact) mass is 436 g/mol. The molecule has 0 saturated heterocycles. The zero-order chi connectivity index (χ0) is 20.9. The molecule has 30 heavy (non-hydrogen) atoms. The van der Waals surface area contributed by atoms with Crippen molar-refractivity contribution < 1.29 is 9.53 Å². The summed E-state index contributed by atoms with van der Waals surface area (Å²) < 4.78 is 7.80. The number of aromatic nitrogens is 1. The Labute approximate surface area is 184 Å². The van der Waals surface area contributed by atoms with Crippen LogP contribution < -0.4 is 10.1 Å². The first-order chi connectivity index (χ1) is 14.6. The van der Waals surface area contributed by atoms with Crippen LogP contribution in [0.2, 0.25) is 5.02 Å². The maximum atomic E-state index is 12.7. The fraction of sp³-hybridized carbons (Fsp3) is 0.125. The summed E-state index contributed by atoms with van der Waals surface area (Å²) in [5, 5.41) is 5.66. The number of rotatable bonds is 7. The summed E-state index contributed by atoms with van der Waals surface area (Å²) in [4.78, 5) is 13.4. The lowest BCUT2D eigenvalue weighted by Gasteiger charge is -2.15. The van der Waals surface area contributed by atoms with Crippen LogP contribution in [0.4, 0.5) is 0 Å². The number of hydrogen-bond donors (Lipinski definition) is 1. The first-order valence-electron chi connectivity index (χ1n) is 9.58. The molecule has 0 fully saturated rings. The van der Waals surface area contributed by atoms with E-state index in [1.807, 2.05) is 77.8 Å². The molecule has 2 heterocycles. The maximum absolute atomic E-state index is 12.7. The van der Waals surface area contributed by atoms with E-state index in [4.69, 9.17) is 16.3 Å². The van der Waals surface area contributed by atoms with E-state index in [-0.39, 0.29) is 11.9 Å². The van der Waals surface area contributed by atoms with Crippen molar-refractivity contribution in [2.45, 2.75) is 19.6 Å². The topological polar surface area (TPSA) is 43.3 Å². The largest absolute Gasteiger partial charge is 0.489 e. The number of thiophene rings is 1. The van der Waals surface area contributed by atoms with Crippen LogP contribution >= 0.6 is 22.9 Å². The molecule has 0 aliphatic heterocycles. The summed E-state index contributed by atoms with van der Waals surface area (Å²) in [7, 11) is 0. The number of carbonyl (C=O) groups is 1. The van der Waals surface area contributed by atoms with Gasteiger partial charge in [-0.2, -0.15) is 0 Å². The normalized spacial score (nSPS) is 11.8. The summed E-state index contributed by atoms with van der Waals surface area (Å²) in [5.74, 6) is 0.615. The number of halogens is 1. The van der Waals surface area contributed by atoms with Gasteiger partial charge in [-0.3, -0.25) is 4.79 Å². The van der Waals surface area contributed by atoms with Crippen LogP contribution in [0.5, 0.6) is 5.75 Å². The van der Waals surface area contributed by atoms with Gasteiger partial charge in [-0.05, 0) is 66.4 Å². The third-order valence-electron chi connectivity index (χ3n) is 4.70. The van der Waals surface area contributed by atoms with Gasteiger partial charge in [0.15, 0.2) is 0 Å². The standard InChI is InChI=1S/C24H21ClN2O2S/c1-17(19-6-4-8-21(13-19)27-10-2-3-11-27)26-24(28)23-12-18(16-30-23)15-29-22-9-5-7-20(25)14-22/h2-14,16-17H,15H2,1H3,(H,26,28). The summed E-state index contributed by atoms with van der Waals surface area (Å²) in [6, 6.07) is 21.2. The molecule has 0 spiro atoms. The Bertz CT molecular complexity index is 1140. The molecule has 2 aromatic heterocycles. The van der Waals surface area contributed by atoms with Gasteiger partial charge in [-0.15, -0.1) is 11.3 Å². The molecule has 2 aromatic carbocycles. The predicted molar refractivity (Wildman–Crippen MR) is 122 cm³/mol. The molecule has 0 bridgehead atoms. The van der Waals surface area contributed by atoms with Crippen LogP contribution in [0.1, 0.15) is 33.8 Å². The fourth-order valence-corrected chi connectivity index (χ4v) is 4.09. The summed E-state index contributed by atoms with van der Waals surface area (Å²) in [5.41, 5.74) is 3.07. The van der Waals surface area contributed by atoms with Gasteiger partial charge in [0.05, 0.1) is 10.9 Å². The smallest absolute Gasteiger partial charge is 0.261 e. The molecule has 6 heteroatoms. The summed E-state index contributed by atoms with van der Waals surface area (Å²) in [6.07, 6.45) is 4.00. The Kier molecular flexibility index (Phi) is 6.21. The maximum Gasteiger partial charge on any atom is 0.261 e. The highest BCUT2D eigenvalue weighted by Gasteiger charge is 2.14. The third-order valence-corrected chi connectivity index (χ3v) is 5.91. The molecular formula is C24H21ClN2O2S. The molecule has 4 nitrogen and oxygen atoms in total. The van der Waals surface area contributed by atoms with Crippen molar-refractivity contribution in [1.29, 1.82) is 0 Å². The number of hydrogen-bond acceptors (Lipinski definition) is 3. The quantitative estimate of drug-likeness (QED) is 0.371. The van der Waals surface area contributed by atoms with E-state index < -0.39 is 0 Å². The van der Waals surface area contributed by atoms with E-state index >= 15 is 0 Å². The number of benzene rings is 2. The lowest BCUT2D eigenvalue weighted by molar-refractivity contribution is 0.0944. The average Bonchev–Trinajstić information content (AvgIpc) is 3.45. The van der Waals surface area contributed by atoms with Gasteiger partial charge >= 0.3 is 0 Å². The van der Waals surface area contributed by atoms with E-state index in [0.29, 0.717) is 22.3 Å². The Hall–Kier alpha value is -3.02. The Morgan fingerprint density at radius 3 is 2.70 bits per heavy atom. The molecule has 1 atom stereocenters. The second-order valence-corrected chi connectivity index (χ2v) is 8.29. The summed E-state index contributed by atoms with van der Waals surface area (Å²) >= 11 is 7.39. The first kappa shape index (κ1) is 20.3. The van der Waals surface area contributed by atoms with Crippen molar-refractivity contribution in [3.8, 4) is 11.4 Å². The van der Waals surface area contributed by atoms with Crippen LogP contribution in [0.3, 0.4) is 0 Å². The Morgan fingerprint density at radius 2 is 1.90 bits per heavy atom. The van der Waals surface area contributed by atoms with Crippen LogP contribution in [0.25, 0.3) is 5.69 Å². The number of carbonyl (C=O) groups excluding carboxylic acids is 1. The molecule has 4 aromatic rings. The highest BCUT2D eigenvalue weighted by Crippen LogP contribution is 2.22. The van der Waals surface area contributed by atoms with Gasteiger partial charge in [-0.25, -0.2) is 0 Å². The fourth-order valence-electron chi connectivity index (χ4n) is 3.11. The van der Waals surface area contributed by atoms with Gasteiger partial charge < -0.3 is 14.6 Å². The van der Waals surface area contributed by atoms with Crippen molar-refractivity contribution in [1.82, 2.24) is 9.88 Å². The molecule has 152 valence electrons. The van der Waals surface area contributed by atoms with E-state index in [0.717, 1.165) is 16.8 Å². The van der Waals surface area contributed by atoms with Gasteiger partial charge in [0.1, 0.15) is 12.4 Å². The Balaban J connectivity index is 1.38. The van der Waals surface area contributed by atoms with Crippen LogP contribution in [-0.2, 0) is 6.61 Å². The van der Waals surface area contributed by atoms with Crippen molar-refractivity contribution in [3.05, 3.63) is 106 Å². The van der Waals surface area contributed by atoms with Gasteiger partial charge in [0.2, 0.25) is 0 Å². The SMILES string of the molecule is CC(NC(=O)c1cc(COc2cccc(Cl)c2)cs1)c1cccc(-n2cccc2)c1. The second-order valence-electron chi connectivity index (χ2n) is 6.95.